The lowest BCUT2D eigenvalue weighted by Gasteiger charge is -1.96. The first kappa shape index (κ1) is 16.7. The molecule has 8 nitrogen and oxygen atoms in total. The van der Waals surface area contributed by atoms with E-state index in [1.807, 2.05) is 12.1 Å². The number of carbonyl (C=O) groups is 2. The highest BCUT2D eigenvalue weighted by Gasteiger charge is 2.15. The molecule has 0 spiro atoms. The van der Waals surface area contributed by atoms with Crippen molar-refractivity contribution >= 4 is 65.2 Å². The van der Waals surface area contributed by atoms with Crippen LogP contribution in [0.5, 0.6) is 0 Å². The summed E-state index contributed by atoms with van der Waals surface area (Å²) in [5.41, 5.74) is 1.47. The molecule has 0 aliphatic rings. The Morgan fingerprint density at radius 2 is 1.25 bits per heavy atom. The fraction of sp³-hybridized carbons (Fsp3) is 0. The Kier molecular flexibility index (Phi) is 3.92. The van der Waals surface area contributed by atoms with Gasteiger partial charge in [0.05, 0.1) is 33.0 Å². The molecule has 28 heavy (non-hydrogen) atoms. The fourth-order valence-electron chi connectivity index (χ4n) is 2.59. The number of hydrogen-bond donors (Lipinski definition) is 2. The SMILES string of the molecule is O=C(Nc1nc2cc3sc(NC(=O)c4ccco4)nc3cc2s1)c1ccco1. The lowest BCUT2D eigenvalue weighted by atomic mass is 10.3. The summed E-state index contributed by atoms with van der Waals surface area (Å²) in [6, 6.07) is 10.2. The first-order chi connectivity index (χ1) is 13.7. The van der Waals surface area contributed by atoms with E-state index in [2.05, 4.69) is 20.6 Å². The summed E-state index contributed by atoms with van der Waals surface area (Å²) in [5, 5.41) is 6.39. The molecule has 0 bridgehead atoms. The van der Waals surface area contributed by atoms with Crippen molar-refractivity contribution < 1.29 is 18.4 Å². The second kappa shape index (κ2) is 6.59. The first-order valence-corrected chi connectivity index (χ1v) is 9.70. The van der Waals surface area contributed by atoms with Gasteiger partial charge >= 0.3 is 0 Å². The van der Waals surface area contributed by atoms with Gasteiger partial charge in [0.25, 0.3) is 11.8 Å². The van der Waals surface area contributed by atoms with E-state index in [9.17, 15) is 9.59 Å². The molecule has 0 fully saturated rings. The number of nitrogens with one attached hydrogen (secondary N) is 2. The minimum absolute atomic E-state index is 0.221. The van der Waals surface area contributed by atoms with Gasteiger partial charge in [-0.2, -0.15) is 0 Å². The highest BCUT2D eigenvalue weighted by Crippen LogP contribution is 2.34. The highest BCUT2D eigenvalue weighted by molar-refractivity contribution is 7.23. The number of nitrogens with zero attached hydrogens (tertiary/aromatic N) is 2. The average Bonchev–Trinajstić information content (AvgIpc) is 3.43. The Morgan fingerprint density at radius 3 is 1.64 bits per heavy atom. The third kappa shape index (κ3) is 3.04. The van der Waals surface area contributed by atoms with Crippen LogP contribution in [0.4, 0.5) is 10.3 Å². The largest absolute Gasteiger partial charge is 0.459 e. The Hall–Kier alpha value is -3.50. The van der Waals surface area contributed by atoms with Gasteiger partial charge in [-0.05, 0) is 36.4 Å². The molecule has 5 rings (SSSR count). The second-order valence-electron chi connectivity index (χ2n) is 5.69. The summed E-state index contributed by atoms with van der Waals surface area (Å²) in [7, 11) is 0. The minimum Gasteiger partial charge on any atom is -0.459 e. The number of carbonyl (C=O) groups excluding carboxylic acids is 2. The lowest BCUT2D eigenvalue weighted by Crippen LogP contribution is -2.10. The molecule has 4 aromatic heterocycles. The van der Waals surface area contributed by atoms with E-state index in [0.717, 1.165) is 20.4 Å². The van der Waals surface area contributed by atoms with Crippen LogP contribution in [-0.4, -0.2) is 21.8 Å². The number of hydrogen-bond acceptors (Lipinski definition) is 8. The zero-order valence-electron chi connectivity index (χ0n) is 14.0. The van der Waals surface area contributed by atoms with Crippen LogP contribution in [-0.2, 0) is 0 Å². The lowest BCUT2D eigenvalue weighted by molar-refractivity contribution is 0.0989. The third-order valence-electron chi connectivity index (χ3n) is 3.83. The smallest absolute Gasteiger partial charge is 0.293 e. The molecular weight excluding hydrogens is 400 g/mol. The fourth-order valence-corrected chi connectivity index (χ4v) is 4.34. The van der Waals surface area contributed by atoms with Gasteiger partial charge in [-0.1, -0.05) is 22.7 Å². The first-order valence-electron chi connectivity index (χ1n) is 8.06. The van der Waals surface area contributed by atoms with Crippen molar-refractivity contribution in [2.24, 2.45) is 0 Å². The van der Waals surface area contributed by atoms with Crippen LogP contribution in [0, 0.1) is 0 Å². The maximum absolute atomic E-state index is 12.1. The van der Waals surface area contributed by atoms with E-state index in [0.29, 0.717) is 10.3 Å². The van der Waals surface area contributed by atoms with Crippen molar-refractivity contribution in [1.29, 1.82) is 0 Å². The molecule has 2 amide bonds. The molecule has 0 radical (unpaired) electrons. The van der Waals surface area contributed by atoms with Gasteiger partial charge in [-0.3, -0.25) is 20.2 Å². The minimum atomic E-state index is -0.355. The zero-order valence-corrected chi connectivity index (χ0v) is 15.6. The third-order valence-corrected chi connectivity index (χ3v) is 5.70. The maximum Gasteiger partial charge on any atom is 0.293 e. The second-order valence-corrected chi connectivity index (χ2v) is 7.75. The summed E-state index contributed by atoms with van der Waals surface area (Å²) in [6.07, 6.45) is 2.88. The van der Waals surface area contributed by atoms with E-state index in [-0.39, 0.29) is 23.3 Å². The summed E-state index contributed by atoms with van der Waals surface area (Å²) in [4.78, 5) is 33.1. The van der Waals surface area contributed by atoms with E-state index < -0.39 is 0 Å². The molecule has 1 aromatic carbocycles. The predicted octanol–water partition coefficient (Wildman–Crippen LogP) is 4.60. The molecule has 4 heterocycles. The molecule has 138 valence electrons. The number of benzene rings is 1. The maximum atomic E-state index is 12.1. The van der Waals surface area contributed by atoms with E-state index in [1.165, 1.54) is 35.2 Å². The van der Waals surface area contributed by atoms with Crippen LogP contribution in [0.3, 0.4) is 0 Å². The van der Waals surface area contributed by atoms with Crippen LogP contribution in [0.25, 0.3) is 20.4 Å². The summed E-state index contributed by atoms with van der Waals surface area (Å²) in [5.74, 6) is -0.267. The summed E-state index contributed by atoms with van der Waals surface area (Å²) in [6.45, 7) is 0. The van der Waals surface area contributed by atoms with E-state index in [1.54, 1.807) is 24.3 Å². The Labute approximate surface area is 164 Å². The van der Waals surface area contributed by atoms with Crippen LogP contribution in [0.1, 0.15) is 21.1 Å². The van der Waals surface area contributed by atoms with Crippen molar-refractivity contribution in [2.75, 3.05) is 10.6 Å². The van der Waals surface area contributed by atoms with Crippen LogP contribution in [0.15, 0.2) is 57.8 Å². The summed E-state index contributed by atoms with van der Waals surface area (Å²) < 4.78 is 11.9. The van der Waals surface area contributed by atoms with Crippen molar-refractivity contribution in [3.8, 4) is 0 Å². The van der Waals surface area contributed by atoms with Crippen molar-refractivity contribution in [1.82, 2.24) is 9.97 Å². The van der Waals surface area contributed by atoms with Crippen molar-refractivity contribution in [3.05, 3.63) is 60.4 Å². The molecule has 0 aliphatic carbocycles. The highest BCUT2D eigenvalue weighted by atomic mass is 32.1. The Bertz CT molecular complexity index is 1150. The molecule has 0 saturated heterocycles. The monoisotopic (exact) mass is 410 g/mol. The normalized spacial score (nSPS) is 11.1. The number of fused-ring (bicyclic) bond motifs is 2. The zero-order chi connectivity index (χ0) is 19.1. The predicted molar refractivity (Wildman–Crippen MR) is 106 cm³/mol. The van der Waals surface area contributed by atoms with Gasteiger partial charge in [-0.15, -0.1) is 0 Å². The molecule has 0 unspecified atom stereocenters. The molecule has 5 aromatic rings. The average molecular weight is 410 g/mol. The van der Waals surface area contributed by atoms with Crippen LogP contribution >= 0.6 is 22.7 Å². The van der Waals surface area contributed by atoms with Crippen LogP contribution in [0.2, 0.25) is 0 Å². The van der Waals surface area contributed by atoms with Gasteiger partial charge in [0.1, 0.15) is 0 Å². The molecule has 10 heteroatoms. The van der Waals surface area contributed by atoms with Crippen molar-refractivity contribution in [3.63, 3.8) is 0 Å². The van der Waals surface area contributed by atoms with Gasteiger partial charge < -0.3 is 8.83 Å². The molecule has 2 N–H and O–H groups in total. The van der Waals surface area contributed by atoms with Crippen molar-refractivity contribution in [2.45, 2.75) is 0 Å². The Balaban J connectivity index is 1.40. The van der Waals surface area contributed by atoms with Gasteiger partial charge in [0.2, 0.25) is 0 Å². The Morgan fingerprint density at radius 1 is 0.786 bits per heavy atom. The number of anilines is 2. The topological polar surface area (TPSA) is 110 Å². The number of furan rings is 2. The van der Waals surface area contributed by atoms with Gasteiger partial charge in [0, 0.05) is 0 Å². The number of amides is 2. The summed E-state index contributed by atoms with van der Waals surface area (Å²) >= 11 is 2.67. The molecule has 0 atom stereocenters. The quantitative estimate of drug-likeness (QED) is 0.448. The number of thiazole rings is 2. The molecule has 0 saturated carbocycles. The van der Waals surface area contributed by atoms with E-state index in [4.69, 9.17) is 8.83 Å². The molecule has 0 aliphatic heterocycles. The van der Waals surface area contributed by atoms with E-state index >= 15 is 0 Å². The molecular formula is C18H10N4O4S2. The van der Waals surface area contributed by atoms with Gasteiger partial charge in [0.15, 0.2) is 21.8 Å². The van der Waals surface area contributed by atoms with Gasteiger partial charge in [-0.25, -0.2) is 9.97 Å². The number of rotatable bonds is 4. The van der Waals surface area contributed by atoms with Crippen LogP contribution < -0.4 is 10.6 Å². The standard InChI is InChI=1S/C18H10N4O4S2/c23-15(11-3-1-5-25-11)21-17-19-9-7-14-10(8-13(9)27-17)20-18(28-14)22-16(24)12-4-2-6-26-12/h1-8H,(H,19,21,23)(H,20,22,24). The number of aromatic nitrogens is 2.